The molecule has 0 saturated heterocycles. The van der Waals surface area contributed by atoms with E-state index < -0.39 is 5.82 Å². The van der Waals surface area contributed by atoms with Crippen LogP contribution in [0.5, 0.6) is 17.5 Å². The van der Waals surface area contributed by atoms with Crippen molar-refractivity contribution in [3.05, 3.63) is 48.2 Å². The molecule has 1 aromatic carbocycles. The van der Waals surface area contributed by atoms with E-state index in [-0.39, 0.29) is 11.8 Å². The number of nitrogens with zero attached hydrogens (tertiary/aromatic N) is 6. The first-order valence-corrected chi connectivity index (χ1v) is 15.9. The molecule has 0 spiro atoms. The molecular weight excluding hydrogens is 603 g/mol. The molecule has 0 radical (unpaired) electrons. The van der Waals surface area contributed by atoms with E-state index in [1.165, 1.54) is 24.9 Å². The van der Waals surface area contributed by atoms with Crippen LogP contribution >= 0.6 is 40.2 Å². The van der Waals surface area contributed by atoms with E-state index in [4.69, 9.17) is 9.47 Å². The molecule has 4 aromatic rings. The van der Waals surface area contributed by atoms with E-state index >= 15 is 0 Å². The van der Waals surface area contributed by atoms with Gasteiger partial charge in [0.25, 0.3) is 0 Å². The van der Waals surface area contributed by atoms with Crippen molar-refractivity contribution in [3.63, 3.8) is 0 Å². The number of ether oxygens (including phenoxy) is 2. The average molecular weight is 629 g/mol. The summed E-state index contributed by atoms with van der Waals surface area (Å²) in [6, 6.07) is 6.59. The summed E-state index contributed by atoms with van der Waals surface area (Å²) in [7, 11) is 3.33. The zero-order valence-corrected chi connectivity index (χ0v) is 24.1. The minimum atomic E-state index is -0.504. The van der Waals surface area contributed by atoms with Crippen LogP contribution in [0.25, 0.3) is 11.3 Å². The molecule has 3 heterocycles. The first-order valence-electron chi connectivity index (χ1n) is 10.6. The van der Waals surface area contributed by atoms with E-state index in [0.29, 0.717) is 35.0 Å². The number of nitrogens with one attached hydrogen (secondary N) is 1. The maximum atomic E-state index is 14.6. The fourth-order valence-electron chi connectivity index (χ4n) is 3.02. The van der Waals surface area contributed by atoms with Gasteiger partial charge in [0.2, 0.25) is 0 Å². The number of benzene rings is 1. The van der Waals surface area contributed by atoms with Gasteiger partial charge in [-0.05, 0) is 53.4 Å². The van der Waals surface area contributed by atoms with Crippen molar-refractivity contribution in [2.75, 3.05) is 18.7 Å². The van der Waals surface area contributed by atoms with Crippen LogP contribution in [0.4, 0.5) is 16.0 Å². The second kappa shape index (κ2) is 12.5. The maximum Gasteiger partial charge on any atom is 0.324 e. The van der Waals surface area contributed by atoms with E-state index in [9.17, 15) is 4.39 Å². The van der Waals surface area contributed by atoms with Gasteiger partial charge in [-0.15, -0.1) is 11.8 Å². The lowest BCUT2D eigenvalue weighted by atomic mass is 10.2. The smallest absolute Gasteiger partial charge is 0.324 e. The molecule has 4 rings (SSSR count). The van der Waals surface area contributed by atoms with E-state index in [0.717, 1.165) is 10.6 Å². The molecule has 0 saturated carbocycles. The topological polar surface area (TPSA) is 91.9 Å². The SMILES string of the molecule is CC.COc1c(Nc2cc(C)n(PI)n2)nc(Oc2ccc(SC)cc2F)nc1-c1cnn(C)c1. The van der Waals surface area contributed by atoms with Crippen molar-refractivity contribution < 1.29 is 13.9 Å². The number of hydrogen-bond donors (Lipinski definition) is 1. The second-order valence-electron chi connectivity index (χ2n) is 6.83. The molecular formula is C22H26FIN7O2PS. The summed E-state index contributed by atoms with van der Waals surface area (Å²) in [6.07, 6.45) is 5.78. The van der Waals surface area contributed by atoms with Gasteiger partial charge in [-0.1, -0.05) is 13.8 Å². The molecule has 0 fully saturated rings. The van der Waals surface area contributed by atoms with Crippen LogP contribution < -0.4 is 14.8 Å². The molecule has 0 aliphatic carbocycles. The van der Waals surface area contributed by atoms with Crippen molar-refractivity contribution >= 4 is 51.8 Å². The minimum absolute atomic E-state index is 0.0206. The van der Waals surface area contributed by atoms with Gasteiger partial charge in [-0.25, -0.2) is 8.84 Å². The molecule has 0 aliphatic rings. The van der Waals surface area contributed by atoms with E-state index in [2.05, 4.69) is 47.5 Å². The van der Waals surface area contributed by atoms with Crippen LogP contribution in [0.1, 0.15) is 19.5 Å². The number of aromatic nitrogens is 6. The molecule has 1 atom stereocenters. The van der Waals surface area contributed by atoms with Gasteiger partial charge in [0, 0.05) is 35.5 Å². The Bertz CT molecular complexity index is 1300. The Hall–Kier alpha value is -2.44. The lowest BCUT2D eigenvalue weighted by Crippen LogP contribution is -2.04. The first-order chi connectivity index (χ1) is 16.9. The number of thioether (sulfide) groups is 1. The molecule has 0 amide bonds. The minimum Gasteiger partial charge on any atom is -0.491 e. The first kappa shape index (κ1) is 27.2. The standard InChI is InChI=1S/C20H20FIN7O2PS.C2H6/c1-11-7-16(27-29(11)32-22)24-19-18(30-3)17(12-9-23-28(2)10-12)25-20(26-19)31-15-6-5-13(33-4)8-14(15)21;1-2/h5-10,32H,1-4H3,(H,24,25,26,27);1-2H3. The highest BCUT2D eigenvalue weighted by Crippen LogP contribution is 2.38. The highest BCUT2D eigenvalue weighted by atomic mass is 127. The molecule has 13 heteroatoms. The lowest BCUT2D eigenvalue weighted by Gasteiger charge is -2.14. The summed E-state index contributed by atoms with van der Waals surface area (Å²) in [5.74, 6) is 0.831. The number of anilines is 2. The van der Waals surface area contributed by atoms with Crippen molar-refractivity contribution in [2.24, 2.45) is 7.05 Å². The van der Waals surface area contributed by atoms with Crippen molar-refractivity contribution in [1.29, 1.82) is 0 Å². The largest absolute Gasteiger partial charge is 0.491 e. The third kappa shape index (κ3) is 6.42. The third-order valence-electron chi connectivity index (χ3n) is 4.58. The number of aryl methyl sites for hydroxylation is 2. The van der Waals surface area contributed by atoms with Gasteiger partial charge in [-0.2, -0.15) is 20.2 Å². The van der Waals surface area contributed by atoms with Crippen LogP contribution in [0.3, 0.4) is 0 Å². The van der Waals surface area contributed by atoms with Gasteiger partial charge < -0.3 is 14.8 Å². The highest BCUT2D eigenvalue weighted by Gasteiger charge is 2.21. The number of halogens is 2. The molecule has 1 unspecified atom stereocenters. The van der Waals surface area contributed by atoms with Gasteiger partial charge in [0.1, 0.15) is 5.69 Å². The Morgan fingerprint density at radius 3 is 2.54 bits per heavy atom. The van der Waals surface area contributed by atoms with Crippen molar-refractivity contribution in [2.45, 2.75) is 25.7 Å². The predicted octanol–water partition coefficient (Wildman–Crippen LogP) is 6.61. The summed E-state index contributed by atoms with van der Waals surface area (Å²) in [4.78, 5) is 9.74. The summed E-state index contributed by atoms with van der Waals surface area (Å²) in [5.41, 5.74) is 2.14. The third-order valence-corrected chi connectivity index (χ3v) is 7.29. The molecule has 0 bridgehead atoms. The van der Waals surface area contributed by atoms with Crippen LogP contribution in [0, 0.1) is 12.7 Å². The van der Waals surface area contributed by atoms with Crippen LogP contribution in [-0.2, 0) is 7.05 Å². The Labute approximate surface area is 222 Å². The summed E-state index contributed by atoms with van der Waals surface area (Å²) >= 11 is 3.70. The molecule has 9 nitrogen and oxygen atoms in total. The fourth-order valence-corrected chi connectivity index (χ4v) is 5.26. The Morgan fingerprint density at radius 1 is 1.20 bits per heavy atom. The number of rotatable bonds is 8. The molecule has 186 valence electrons. The second-order valence-corrected chi connectivity index (χ2v) is 9.75. The average Bonchev–Trinajstić information content (AvgIpc) is 3.45. The summed E-state index contributed by atoms with van der Waals surface area (Å²) < 4.78 is 29.5. The number of methoxy groups -OCH3 is 1. The quantitative estimate of drug-likeness (QED) is 0.132. The summed E-state index contributed by atoms with van der Waals surface area (Å²) in [6.45, 7) is 5.97. The van der Waals surface area contributed by atoms with Gasteiger partial charge in [-0.3, -0.25) is 4.68 Å². The highest BCUT2D eigenvalue weighted by molar-refractivity contribution is 14.2. The van der Waals surface area contributed by atoms with Crippen LogP contribution in [-0.4, -0.2) is 42.7 Å². The van der Waals surface area contributed by atoms with Crippen LogP contribution in [0.15, 0.2) is 41.6 Å². The Kier molecular flexibility index (Phi) is 9.70. The zero-order chi connectivity index (χ0) is 25.5. The fraction of sp³-hybridized carbons (Fsp3) is 0.273. The van der Waals surface area contributed by atoms with Gasteiger partial charge in [0.15, 0.2) is 29.0 Å². The number of hydrogen-bond acceptors (Lipinski definition) is 8. The molecule has 1 N–H and O–H groups in total. The molecule has 3 aromatic heterocycles. The monoisotopic (exact) mass is 629 g/mol. The Morgan fingerprint density at radius 2 is 1.97 bits per heavy atom. The molecule has 35 heavy (non-hydrogen) atoms. The van der Waals surface area contributed by atoms with Crippen LogP contribution in [0.2, 0.25) is 0 Å². The predicted molar refractivity (Wildman–Crippen MR) is 148 cm³/mol. The summed E-state index contributed by atoms with van der Waals surface area (Å²) in [5, 5.41) is 11.9. The Balaban J connectivity index is 0.00000167. The maximum absolute atomic E-state index is 14.6. The van der Waals surface area contributed by atoms with E-state index in [1.807, 2.05) is 37.5 Å². The van der Waals surface area contributed by atoms with E-state index in [1.54, 1.807) is 36.3 Å². The van der Waals surface area contributed by atoms with Gasteiger partial charge >= 0.3 is 6.01 Å². The van der Waals surface area contributed by atoms with Gasteiger partial charge in [0.05, 0.1) is 19.7 Å². The normalized spacial score (nSPS) is 10.9. The molecule has 0 aliphatic heterocycles. The van der Waals surface area contributed by atoms with Crippen molar-refractivity contribution in [3.8, 4) is 28.8 Å². The lowest BCUT2D eigenvalue weighted by molar-refractivity contribution is 0.395. The van der Waals surface area contributed by atoms with Crippen molar-refractivity contribution in [1.82, 2.24) is 29.3 Å². The zero-order valence-electron chi connectivity index (χ0n) is 20.1.